The van der Waals surface area contributed by atoms with E-state index in [2.05, 4.69) is 32.1 Å². The zero-order valence-electron chi connectivity index (χ0n) is 16.4. The summed E-state index contributed by atoms with van der Waals surface area (Å²) in [5.74, 6) is -0.172. The Balaban J connectivity index is 2.30. The molecule has 142 valence electrons. The first kappa shape index (κ1) is 20.7. The first-order chi connectivity index (χ1) is 13.2. The smallest absolute Gasteiger partial charge is 0.349 e. The van der Waals surface area contributed by atoms with Gasteiger partial charge in [0, 0.05) is 5.57 Å². The normalized spacial score (nSPS) is 15.4. The maximum Gasteiger partial charge on any atom is 0.349 e. The van der Waals surface area contributed by atoms with Crippen LogP contribution in [-0.2, 0) is 9.53 Å². The lowest BCUT2D eigenvalue weighted by atomic mass is 9.90. The number of allylic oxidation sites excluding steroid dienone is 5. The zero-order chi connectivity index (χ0) is 19.5. The Morgan fingerprint density at radius 3 is 2.59 bits per heavy atom. The van der Waals surface area contributed by atoms with E-state index in [0.29, 0.717) is 18.1 Å². The maximum atomic E-state index is 12.8. The number of rotatable bonds is 9. The maximum absolute atomic E-state index is 12.8. The Labute approximate surface area is 163 Å². The van der Waals surface area contributed by atoms with Crippen LogP contribution in [0, 0.1) is 17.2 Å². The summed E-state index contributed by atoms with van der Waals surface area (Å²) in [7, 11) is 0. The van der Waals surface area contributed by atoms with E-state index in [-0.39, 0.29) is 5.57 Å². The van der Waals surface area contributed by atoms with Crippen LogP contribution in [0.15, 0.2) is 59.7 Å². The Bertz CT molecular complexity index is 750. The average Bonchev–Trinajstić information content (AvgIpc) is 2.73. The largest absolute Gasteiger partial charge is 0.461 e. The van der Waals surface area contributed by atoms with Crippen LogP contribution < -0.4 is 0 Å². The predicted octanol–water partition coefficient (Wildman–Crippen LogP) is 6.00. The summed E-state index contributed by atoms with van der Waals surface area (Å²) in [6.45, 7) is 4.65. The standard InChI is InChI=1S/C24H29NO2/c1-3-5-12-19(4-2)18-27-24(26)22(17-25)23(20-13-8-6-9-14-20)21-15-10-7-11-16-21/h6,8-10,13-16,19H,3-5,7,11-12,18H2,1-2H3/b23-22-. The number of unbranched alkanes of at least 4 members (excludes halogenated alkanes) is 1. The second-order valence-electron chi connectivity index (χ2n) is 6.88. The topological polar surface area (TPSA) is 50.1 Å². The van der Waals surface area contributed by atoms with Gasteiger partial charge in [0.25, 0.3) is 0 Å². The quantitative estimate of drug-likeness (QED) is 0.307. The minimum absolute atomic E-state index is 0.0874. The number of hydrogen-bond donors (Lipinski definition) is 0. The lowest BCUT2D eigenvalue weighted by molar-refractivity contribution is -0.139. The third-order valence-corrected chi connectivity index (χ3v) is 4.91. The monoisotopic (exact) mass is 363 g/mol. The molecular weight excluding hydrogens is 334 g/mol. The molecule has 0 N–H and O–H groups in total. The molecule has 0 saturated heterocycles. The van der Waals surface area contributed by atoms with Crippen LogP contribution in [0.5, 0.6) is 0 Å². The van der Waals surface area contributed by atoms with E-state index in [1.54, 1.807) is 0 Å². The molecule has 0 saturated carbocycles. The van der Waals surface area contributed by atoms with Gasteiger partial charge >= 0.3 is 5.97 Å². The van der Waals surface area contributed by atoms with Gasteiger partial charge in [-0.05, 0) is 36.3 Å². The molecule has 1 atom stereocenters. The predicted molar refractivity (Wildman–Crippen MR) is 110 cm³/mol. The fourth-order valence-corrected chi connectivity index (χ4v) is 3.23. The molecule has 0 amide bonds. The summed E-state index contributed by atoms with van der Waals surface area (Å²) in [6, 6.07) is 11.7. The van der Waals surface area contributed by atoms with Crippen LogP contribution in [0.1, 0.15) is 57.9 Å². The summed E-state index contributed by atoms with van der Waals surface area (Å²) in [5.41, 5.74) is 2.53. The molecular formula is C24H29NO2. The molecule has 0 bridgehead atoms. The molecule has 0 fully saturated rings. The summed E-state index contributed by atoms with van der Waals surface area (Å²) in [6.07, 6.45) is 12.3. The molecule has 1 aliphatic rings. The van der Waals surface area contributed by atoms with Gasteiger partial charge in [0.2, 0.25) is 0 Å². The number of ether oxygens (including phenoxy) is 1. The van der Waals surface area contributed by atoms with Gasteiger partial charge in [-0.3, -0.25) is 0 Å². The Morgan fingerprint density at radius 1 is 1.22 bits per heavy atom. The fourth-order valence-electron chi connectivity index (χ4n) is 3.23. The van der Waals surface area contributed by atoms with Crippen molar-refractivity contribution in [3.05, 3.63) is 65.3 Å². The van der Waals surface area contributed by atoms with E-state index in [1.807, 2.05) is 36.4 Å². The van der Waals surface area contributed by atoms with Gasteiger partial charge in [-0.1, -0.05) is 81.7 Å². The van der Waals surface area contributed by atoms with Gasteiger partial charge in [0.15, 0.2) is 0 Å². The molecule has 0 aliphatic heterocycles. The van der Waals surface area contributed by atoms with Crippen molar-refractivity contribution < 1.29 is 9.53 Å². The van der Waals surface area contributed by atoms with Crippen molar-refractivity contribution in [2.24, 2.45) is 5.92 Å². The first-order valence-corrected chi connectivity index (χ1v) is 9.95. The van der Waals surface area contributed by atoms with Crippen molar-refractivity contribution >= 4 is 11.5 Å². The molecule has 3 nitrogen and oxygen atoms in total. The Morgan fingerprint density at radius 2 is 2.00 bits per heavy atom. The molecule has 3 heteroatoms. The molecule has 1 aliphatic carbocycles. The van der Waals surface area contributed by atoms with Crippen LogP contribution in [0.3, 0.4) is 0 Å². The summed E-state index contributed by atoms with van der Waals surface area (Å²) in [4.78, 5) is 12.8. The number of nitriles is 1. The third-order valence-electron chi connectivity index (χ3n) is 4.91. The van der Waals surface area contributed by atoms with E-state index in [9.17, 15) is 10.1 Å². The highest BCUT2D eigenvalue weighted by Crippen LogP contribution is 2.31. The van der Waals surface area contributed by atoms with Crippen LogP contribution in [0.25, 0.3) is 5.57 Å². The molecule has 0 radical (unpaired) electrons. The summed E-state index contributed by atoms with van der Waals surface area (Å²) >= 11 is 0. The minimum atomic E-state index is -0.522. The Kier molecular flexibility index (Phi) is 8.58. The Hall–Kier alpha value is -2.60. The lowest BCUT2D eigenvalue weighted by Gasteiger charge is -2.17. The van der Waals surface area contributed by atoms with Gasteiger partial charge in [0.1, 0.15) is 11.6 Å². The average molecular weight is 364 g/mol. The molecule has 1 aromatic rings. The summed E-state index contributed by atoms with van der Waals surface area (Å²) in [5, 5.41) is 9.76. The van der Waals surface area contributed by atoms with Crippen molar-refractivity contribution in [2.75, 3.05) is 6.61 Å². The fraction of sp³-hybridized carbons (Fsp3) is 0.417. The van der Waals surface area contributed by atoms with Gasteiger partial charge < -0.3 is 4.74 Å². The van der Waals surface area contributed by atoms with Crippen LogP contribution in [-0.4, -0.2) is 12.6 Å². The molecule has 0 heterocycles. The highest BCUT2D eigenvalue weighted by molar-refractivity contribution is 6.05. The van der Waals surface area contributed by atoms with Gasteiger partial charge in [-0.2, -0.15) is 5.26 Å². The number of benzene rings is 1. The van der Waals surface area contributed by atoms with Crippen molar-refractivity contribution in [1.82, 2.24) is 0 Å². The zero-order valence-corrected chi connectivity index (χ0v) is 16.4. The van der Waals surface area contributed by atoms with E-state index < -0.39 is 5.97 Å². The number of carbonyl (C=O) groups is 1. The van der Waals surface area contributed by atoms with Crippen LogP contribution >= 0.6 is 0 Å². The molecule has 1 unspecified atom stereocenters. The van der Waals surface area contributed by atoms with Crippen molar-refractivity contribution in [3.63, 3.8) is 0 Å². The minimum Gasteiger partial charge on any atom is -0.461 e. The highest BCUT2D eigenvalue weighted by atomic mass is 16.5. The molecule has 1 aromatic carbocycles. The van der Waals surface area contributed by atoms with Crippen LogP contribution in [0.2, 0.25) is 0 Å². The second-order valence-corrected chi connectivity index (χ2v) is 6.88. The molecule has 2 rings (SSSR count). The van der Waals surface area contributed by atoms with Gasteiger partial charge in [-0.25, -0.2) is 4.79 Å². The van der Waals surface area contributed by atoms with E-state index >= 15 is 0 Å². The number of nitrogens with zero attached hydrogens (tertiary/aromatic N) is 1. The number of hydrogen-bond acceptors (Lipinski definition) is 3. The number of carbonyl (C=O) groups excluding carboxylic acids is 1. The first-order valence-electron chi connectivity index (χ1n) is 9.95. The lowest BCUT2D eigenvalue weighted by Crippen LogP contribution is -2.16. The van der Waals surface area contributed by atoms with Crippen molar-refractivity contribution in [3.8, 4) is 6.07 Å². The van der Waals surface area contributed by atoms with Crippen molar-refractivity contribution in [1.29, 1.82) is 5.26 Å². The second kappa shape index (κ2) is 11.2. The third kappa shape index (κ3) is 5.96. The molecule has 0 spiro atoms. The van der Waals surface area contributed by atoms with Gasteiger partial charge in [-0.15, -0.1) is 0 Å². The van der Waals surface area contributed by atoms with E-state index in [4.69, 9.17) is 4.74 Å². The van der Waals surface area contributed by atoms with Crippen molar-refractivity contribution in [2.45, 2.75) is 52.4 Å². The summed E-state index contributed by atoms with van der Waals surface area (Å²) < 4.78 is 5.57. The molecule has 0 aromatic heterocycles. The van der Waals surface area contributed by atoms with E-state index in [0.717, 1.165) is 49.7 Å². The SMILES string of the molecule is CCCCC(CC)COC(=O)/C(C#N)=C(\C1=CCCC=C1)c1ccccc1. The number of esters is 1. The van der Waals surface area contributed by atoms with Gasteiger partial charge in [0.05, 0.1) is 6.61 Å². The van der Waals surface area contributed by atoms with Crippen LogP contribution in [0.4, 0.5) is 0 Å². The van der Waals surface area contributed by atoms with E-state index in [1.165, 1.54) is 0 Å². The highest BCUT2D eigenvalue weighted by Gasteiger charge is 2.22. The molecule has 27 heavy (non-hydrogen) atoms.